The highest BCUT2D eigenvalue weighted by Crippen LogP contribution is 2.05. The number of allylic oxidation sites excluding steroid dienone is 4. The molecule has 72 valence electrons. The van der Waals surface area contributed by atoms with Gasteiger partial charge in [-0.15, -0.1) is 6.42 Å². The van der Waals surface area contributed by atoms with Gasteiger partial charge in [-0.3, -0.25) is 0 Å². The summed E-state index contributed by atoms with van der Waals surface area (Å²) >= 11 is 0. The van der Waals surface area contributed by atoms with E-state index in [4.69, 9.17) is 6.42 Å². The van der Waals surface area contributed by atoms with Gasteiger partial charge >= 0.3 is 0 Å². The second-order valence-electron chi connectivity index (χ2n) is 3.48. The molecule has 0 amide bonds. The van der Waals surface area contributed by atoms with Crippen molar-refractivity contribution >= 4 is 19.5 Å². The van der Waals surface area contributed by atoms with Gasteiger partial charge < -0.3 is 0 Å². The van der Waals surface area contributed by atoms with Gasteiger partial charge in [-0.25, -0.2) is 0 Å². The molecule has 0 atom stereocenters. The van der Waals surface area contributed by atoms with Crippen molar-refractivity contribution in [3.63, 3.8) is 0 Å². The average molecular weight is 208 g/mol. The highest BCUT2D eigenvalue weighted by Gasteiger charge is 1.99. The number of benzene rings is 1. The molecule has 1 aromatic carbocycles. The SMILES string of the molecule is C#CC1=CC(=[SiH]c2ccccc2)CC=C1. The van der Waals surface area contributed by atoms with Crippen molar-refractivity contribution in [2.24, 2.45) is 0 Å². The summed E-state index contributed by atoms with van der Waals surface area (Å²) in [7, 11) is 0.216. The third-order valence-corrected chi connectivity index (χ3v) is 3.80. The predicted molar refractivity (Wildman–Crippen MR) is 68.9 cm³/mol. The molecule has 1 aliphatic rings. The van der Waals surface area contributed by atoms with Crippen molar-refractivity contribution < 1.29 is 0 Å². The standard InChI is InChI=1S/C14H12Si/c1-2-12-7-6-10-14(11-12)15-13-8-4-3-5-9-13/h1,3-9,11,15H,10H2. The molecular weight excluding hydrogens is 196 g/mol. The monoisotopic (exact) mass is 208 g/mol. The minimum atomic E-state index is 0.216. The molecule has 0 radical (unpaired) electrons. The molecule has 15 heavy (non-hydrogen) atoms. The first-order valence-corrected chi connectivity index (χ1v) is 6.14. The van der Waals surface area contributed by atoms with Gasteiger partial charge in [-0.05, 0) is 17.7 Å². The van der Waals surface area contributed by atoms with Crippen molar-refractivity contribution in [2.45, 2.75) is 6.42 Å². The van der Waals surface area contributed by atoms with Gasteiger partial charge in [0.2, 0.25) is 0 Å². The first-order chi connectivity index (χ1) is 7.38. The summed E-state index contributed by atoms with van der Waals surface area (Å²) in [5.41, 5.74) is 1.000. The van der Waals surface area contributed by atoms with E-state index in [2.05, 4.69) is 48.4 Å². The molecular formula is C14H12Si. The van der Waals surface area contributed by atoms with Crippen LogP contribution in [0, 0.1) is 12.3 Å². The minimum absolute atomic E-state index is 0.216. The number of rotatable bonds is 1. The second-order valence-corrected chi connectivity index (χ2v) is 5.18. The Labute approximate surface area is 92.8 Å². The van der Waals surface area contributed by atoms with Crippen LogP contribution >= 0.6 is 0 Å². The van der Waals surface area contributed by atoms with E-state index in [9.17, 15) is 0 Å². The van der Waals surface area contributed by atoms with Crippen LogP contribution in [0.1, 0.15) is 6.42 Å². The van der Waals surface area contributed by atoms with Gasteiger partial charge in [0, 0.05) is 14.7 Å². The average Bonchev–Trinajstić information content (AvgIpc) is 2.31. The smallest absolute Gasteiger partial charge is 0.0337 e. The van der Waals surface area contributed by atoms with E-state index >= 15 is 0 Å². The van der Waals surface area contributed by atoms with Crippen LogP contribution in [0.5, 0.6) is 0 Å². The molecule has 0 spiro atoms. The Morgan fingerprint density at radius 1 is 1.20 bits per heavy atom. The molecule has 0 unspecified atom stereocenters. The molecule has 0 saturated carbocycles. The fourth-order valence-corrected chi connectivity index (χ4v) is 2.94. The fraction of sp³-hybridized carbons (Fsp3) is 0.0714. The van der Waals surface area contributed by atoms with Gasteiger partial charge in [0.1, 0.15) is 0 Å². The normalized spacial score (nSPS) is 17.3. The van der Waals surface area contributed by atoms with Crippen molar-refractivity contribution in [3.05, 3.63) is 54.1 Å². The van der Waals surface area contributed by atoms with E-state index in [-0.39, 0.29) is 9.13 Å². The van der Waals surface area contributed by atoms with E-state index < -0.39 is 0 Å². The van der Waals surface area contributed by atoms with Crippen LogP contribution in [0.2, 0.25) is 0 Å². The predicted octanol–water partition coefficient (Wildman–Crippen LogP) is 1.44. The summed E-state index contributed by atoms with van der Waals surface area (Å²) < 4.78 is 0. The van der Waals surface area contributed by atoms with Gasteiger partial charge in [-0.2, -0.15) is 0 Å². The van der Waals surface area contributed by atoms with E-state index in [1.807, 2.05) is 6.08 Å². The summed E-state index contributed by atoms with van der Waals surface area (Å²) in [6, 6.07) is 10.6. The van der Waals surface area contributed by atoms with Crippen LogP contribution < -0.4 is 5.19 Å². The molecule has 1 aromatic rings. The van der Waals surface area contributed by atoms with E-state index in [1.165, 1.54) is 10.4 Å². The third kappa shape index (κ3) is 2.65. The molecule has 0 N–H and O–H groups in total. The Hall–Kier alpha value is -1.65. The van der Waals surface area contributed by atoms with E-state index in [0.717, 1.165) is 12.0 Å². The van der Waals surface area contributed by atoms with Crippen molar-refractivity contribution in [1.29, 1.82) is 0 Å². The van der Waals surface area contributed by atoms with Crippen LogP contribution in [0.4, 0.5) is 0 Å². The van der Waals surface area contributed by atoms with Crippen LogP contribution in [-0.4, -0.2) is 14.3 Å². The molecule has 0 saturated heterocycles. The van der Waals surface area contributed by atoms with Crippen LogP contribution in [0.15, 0.2) is 54.1 Å². The lowest BCUT2D eigenvalue weighted by Crippen LogP contribution is -2.15. The maximum Gasteiger partial charge on any atom is 0.0337 e. The first kappa shape index (κ1) is 9.89. The Morgan fingerprint density at radius 3 is 2.73 bits per heavy atom. The summed E-state index contributed by atoms with van der Waals surface area (Å²) in [6.45, 7) is 0. The van der Waals surface area contributed by atoms with Gasteiger partial charge in [0.05, 0.1) is 0 Å². The Kier molecular flexibility index (Phi) is 3.11. The third-order valence-electron chi connectivity index (χ3n) is 2.31. The lowest BCUT2D eigenvalue weighted by molar-refractivity contribution is 1.47. The van der Waals surface area contributed by atoms with Crippen molar-refractivity contribution in [2.75, 3.05) is 0 Å². The summed E-state index contributed by atoms with van der Waals surface area (Å²) in [4.78, 5) is 0. The highest BCUT2D eigenvalue weighted by molar-refractivity contribution is 6.68. The number of terminal acetylenes is 1. The lowest BCUT2D eigenvalue weighted by atomic mass is 10.1. The Balaban J connectivity index is 2.27. The summed E-state index contributed by atoms with van der Waals surface area (Å²) in [6.07, 6.45) is 12.8. The zero-order valence-corrected chi connectivity index (χ0v) is 9.64. The molecule has 2 rings (SSSR count). The zero-order valence-electron chi connectivity index (χ0n) is 8.48. The summed E-state index contributed by atoms with van der Waals surface area (Å²) in [5.74, 6) is 2.69. The van der Waals surface area contributed by atoms with Crippen LogP contribution in [0.3, 0.4) is 0 Å². The number of hydrogen-bond acceptors (Lipinski definition) is 0. The molecule has 0 aliphatic heterocycles. The molecule has 0 aromatic heterocycles. The fourth-order valence-electron chi connectivity index (χ4n) is 1.58. The maximum absolute atomic E-state index is 5.39. The largest absolute Gasteiger partial charge is 0.115 e. The first-order valence-electron chi connectivity index (χ1n) is 4.99. The van der Waals surface area contributed by atoms with E-state index in [1.54, 1.807) is 0 Å². The lowest BCUT2D eigenvalue weighted by Gasteiger charge is -2.05. The molecule has 1 aliphatic carbocycles. The van der Waals surface area contributed by atoms with Crippen LogP contribution in [0.25, 0.3) is 0 Å². The van der Waals surface area contributed by atoms with Crippen molar-refractivity contribution in [3.8, 4) is 12.3 Å². The summed E-state index contributed by atoms with van der Waals surface area (Å²) in [5, 5.41) is 2.90. The second kappa shape index (κ2) is 4.72. The molecule has 0 fully saturated rings. The van der Waals surface area contributed by atoms with Crippen LogP contribution in [-0.2, 0) is 0 Å². The van der Waals surface area contributed by atoms with Gasteiger partial charge in [0.25, 0.3) is 0 Å². The molecule has 1 heteroatoms. The highest BCUT2D eigenvalue weighted by atomic mass is 28.2. The molecule has 0 nitrogen and oxygen atoms in total. The maximum atomic E-state index is 5.39. The Morgan fingerprint density at radius 2 is 2.00 bits per heavy atom. The zero-order chi connectivity index (χ0) is 10.5. The quantitative estimate of drug-likeness (QED) is 0.484. The molecule has 0 bridgehead atoms. The molecule has 0 heterocycles. The van der Waals surface area contributed by atoms with Gasteiger partial charge in [-0.1, -0.05) is 53.6 Å². The van der Waals surface area contributed by atoms with E-state index in [0.29, 0.717) is 0 Å². The van der Waals surface area contributed by atoms with Gasteiger partial charge in [0.15, 0.2) is 0 Å². The Bertz CT molecular complexity index is 470. The van der Waals surface area contributed by atoms with Crippen molar-refractivity contribution in [1.82, 2.24) is 0 Å². The number of hydrogen-bond donors (Lipinski definition) is 0. The topological polar surface area (TPSA) is 0 Å². The minimum Gasteiger partial charge on any atom is -0.115 e.